The lowest BCUT2D eigenvalue weighted by Crippen LogP contribution is -2.48. The number of likely N-dealkylation sites (tertiary alicyclic amines) is 1. The summed E-state index contributed by atoms with van der Waals surface area (Å²) >= 11 is 0. The first kappa shape index (κ1) is 15.5. The lowest BCUT2D eigenvalue weighted by molar-refractivity contribution is -0.123. The van der Waals surface area contributed by atoms with E-state index in [1.165, 1.54) is 0 Å². The molecule has 2 atom stereocenters. The van der Waals surface area contributed by atoms with Crippen molar-refractivity contribution < 1.29 is 9.59 Å². The monoisotopic (exact) mass is 311 g/mol. The third kappa shape index (κ3) is 2.91. The van der Waals surface area contributed by atoms with Crippen molar-refractivity contribution in [2.24, 2.45) is 11.7 Å². The first-order valence-corrected chi connectivity index (χ1v) is 7.94. The number of nitrogens with zero attached hydrogens (tertiary/aromatic N) is 2. The lowest BCUT2D eigenvalue weighted by Gasteiger charge is -2.37. The van der Waals surface area contributed by atoms with Crippen LogP contribution in [0.2, 0.25) is 0 Å². The highest BCUT2D eigenvalue weighted by molar-refractivity contribution is 6.06. The van der Waals surface area contributed by atoms with Crippen molar-refractivity contribution in [2.45, 2.75) is 32.7 Å². The predicted octanol–water partition coefficient (Wildman–Crippen LogP) is 2.27. The number of carbonyl (C=O) groups is 2. The zero-order chi connectivity index (χ0) is 16.6. The average Bonchev–Trinajstić information content (AvgIpc) is 2.53. The summed E-state index contributed by atoms with van der Waals surface area (Å²) in [4.78, 5) is 30.9. The van der Waals surface area contributed by atoms with E-state index in [9.17, 15) is 9.59 Å². The standard InChI is InChI=1S/C18H21N3O2/c1-11-9-15(14-5-3-4-6-16(14)20-11)18(23)21-10-13(17(19)22)8-7-12(21)2/h3-6,9,12-13H,7-8,10H2,1-2H3,(H2,19,22). The van der Waals surface area contributed by atoms with Crippen LogP contribution >= 0.6 is 0 Å². The van der Waals surface area contributed by atoms with E-state index in [0.29, 0.717) is 12.1 Å². The first-order chi connectivity index (χ1) is 11.0. The Morgan fingerprint density at radius 3 is 2.74 bits per heavy atom. The number of para-hydroxylation sites is 1. The van der Waals surface area contributed by atoms with Crippen molar-refractivity contribution in [1.29, 1.82) is 0 Å². The molecule has 2 heterocycles. The van der Waals surface area contributed by atoms with Gasteiger partial charge in [-0.1, -0.05) is 18.2 Å². The smallest absolute Gasteiger partial charge is 0.254 e. The van der Waals surface area contributed by atoms with E-state index in [2.05, 4.69) is 4.98 Å². The minimum Gasteiger partial charge on any atom is -0.369 e. The quantitative estimate of drug-likeness (QED) is 0.924. The normalized spacial score (nSPS) is 21.4. The average molecular weight is 311 g/mol. The molecule has 1 saturated heterocycles. The molecule has 0 spiro atoms. The molecular weight excluding hydrogens is 290 g/mol. The van der Waals surface area contributed by atoms with Crippen molar-refractivity contribution in [3.8, 4) is 0 Å². The largest absolute Gasteiger partial charge is 0.369 e. The molecule has 0 saturated carbocycles. The van der Waals surface area contributed by atoms with Crippen LogP contribution in [0.25, 0.3) is 10.9 Å². The van der Waals surface area contributed by atoms with Gasteiger partial charge < -0.3 is 10.6 Å². The fourth-order valence-electron chi connectivity index (χ4n) is 3.26. The summed E-state index contributed by atoms with van der Waals surface area (Å²) in [5.74, 6) is -0.639. The minimum atomic E-state index is -0.328. The highest BCUT2D eigenvalue weighted by Crippen LogP contribution is 2.26. The van der Waals surface area contributed by atoms with Crippen LogP contribution < -0.4 is 5.73 Å². The van der Waals surface area contributed by atoms with Gasteiger partial charge in [-0.15, -0.1) is 0 Å². The number of aromatic nitrogens is 1. The van der Waals surface area contributed by atoms with Crippen LogP contribution in [0, 0.1) is 12.8 Å². The Balaban J connectivity index is 2.01. The number of piperidine rings is 1. The molecule has 1 aliphatic heterocycles. The van der Waals surface area contributed by atoms with Crippen molar-refractivity contribution in [2.75, 3.05) is 6.54 Å². The Hall–Kier alpha value is -2.43. The lowest BCUT2D eigenvalue weighted by atomic mass is 9.92. The second kappa shape index (κ2) is 5.99. The fraction of sp³-hybridized carbons (Fsp3) is 0.389. The number of rotatable bonds is 2. The summed E-state index contributed by atoms with van der Waals surface area (Å²) in [6.07, 6.45) is 1.54. The molecule has 5 nitrogen and oxygen atoms in total. The molecule has 120 valence electrons. The summed E-state index contributed by atoms with van der Waals surface area (Å²) in [5, 5.41) is 0.844. The molecule has 5 heteroatoms. The van der Waals surface area contributed by atoms with Crippen molar-refractivity contribution in [3.05, 3.63) is 41.6 Å². The maximum absolute atomic E-state index is 13.1. The number of pyridine rings is 1. The van der Waals surface area contributed by atoms with Gasteiger partial charge >= 0.3 is 0 Å². The number of hydrogen-bond acceptors (Lipinski definition) is 3. The van der Waals surface area contributed by atoms with Gasteiger partial charge in [-0.05, 0) is 38.8 Å². The van der Waals surface area contributed by atoms with Crippen molar-refractivity contribution in [3.63, 3.8) is 0 Å². The maximum Gasteiger partial charge on any atom is 0.254 e. The zero-order valence-electron chi connectivity index (χ0n) is 13.5. The molecule has 1 aromatic carbocycles. The molecule has 23 heavy (non-hydrogen) atoms. The zero-order valence-corrected chi connectivity index (χ0v) is 13.5. The van der Waals surface area contributed by atoms with E-state index in [1.54, 1.807) is 4.90 Å². The molecule has 1 aromatic heterocycles. The SMILES string of the molecule is Cc1cc(C(=O)N2CC(C(N)=O)CCC2C)c2ccccc2n1. The van der Waals surface area contributed by atoms with Crippen molar-refractivity contribution in [1.82, 2.24) is 9.88 Å². The van der Waals surface area contributed by atoms with Gasteiger partial charge in [0.15, 0.2) is 0 Å². The number of carbonyl (C=O) groups excluding carboxylic acids is 2. The van der Waals surface area contributed by atoms with Gasteiger partial charge in [0.25, 0.3) is 5.91 Å². The number of primary amides is 1. The van der Waals surface area contributed by atoms with E-state index in [4.69, 9.17) is 5.73 Å². The molecule has 2 aromatic rings. The molecule has 3 rings (SSSR count). The maximum atomic E-state index is 13.1. The summed E-state index contributed by atoms with van der Waals surface area (Å²) < 4.78 is 0. The van der Waals surface area contributed by atoms with Gasteiger partial charge in [0.1, 0.15) is 0 Å². The molecule has 1 aliphatic rings. The van der Waals surface area contributed by atoms with Crippen LogP contribution in [-0.2, 0) is 4.79 Å². The van der Waals surface area contributed by atoms with Crippen LogP contribution in [0.5, 0.6) is 0 Å². The van der Waals surface area contributed by atoms with E-state index < -0.39 is 0 Å². The number of aryl methyl sites for hydroxylation is 1. The van der Waals surface area contributed by atoms with Crippen LogP contribution in [0.15, 0.2) is 30.3 Å². The summed E-state index contributed by atoms with van der Waals surface area (Å²) in [6.45, 7) is 4.30. The molecule has 0 radical (unpaired) electrons. The Morgan fingerprint density at radius 1 is 1.26 bits per heavy atom. The topological polar surface area (TPSA) is 76.3 Å². The van der Waals surface area contributed by atoms with Gasteiger partial charge in [0.2, 0.25) is 5.91 Å². The van der Waals surface area contributed by atoms with E-state index >= 15 is 0 Å². The van der Waals surface area contributed by atoms with Crippen LogP contribution in [0.1, 0.15) is 35.8 Å². The van der Waals surface area contributed by atoms with Gasteiger partial charge in [-0.3, -0.25) is 14.6 Å². The van der Waals surface area contributed by atoms with Gasteiger partial charge in [-0.25, -0.2) is 0 Å². The molecule has 1 fully saturated rings. The van der Waals surface area contributed by atoms with Gasteiger partial charge in [0, 0.05) is 23.7 Å². The molecule has 2 amide bonds. The van der Waals surface area contributed by atoms with Crippen LogP contribution in [0.4, 0.5) is 0 Å². The Labute approximate surface area is 135 Å². The molecule has 0 aliphatic carbocycles. The summed E-state index contributed by atoms with van der Waals surface area (Å²) in [6, 6.07) is 9.56. The number of fused-ring (bicyclic) bond motifs is 1. The highest BCUT2D eigenvalue weighted by Gasteiger charge is 2.32. The number of hydrogen-bond donors (Lipinski definition) is 1. The third-order valence-electron chi connectivity index (χ3n) is 4.62. The van der Waals surface area contributed by atoms with E-state index in [1.807, 2.05) is 44.2 Å². The first-order valence-electron chi connectivity index (χ1n) is 7.94. The second-order valence-electron chi connectivity index (χ2n) is 6.31. The molecule has 2 N–H and O–H groups in total. The minimum absolute atomic E-state index is 0.0508. The Kier molecular flexibility index (Phi) is 4.03. The number of nitrogens with two attached hydrogens (primary N) is 1. The fourth-order valence-corrected chi connectivity index (χ4v) is 3.26. The van der Waals surface area contributed by atoms with E-state index in [-0.39, 0.29) is 23.8 Å². The number of benzene rings is 1. The molecular formula is C18H21N3O2. The second-order valence-corrected chi connectivity index (χ2v) is 6.31. The van der Waals surface area contributed by atoms with Gasteiger partial charge in [0.05, 0.1) is 17.0 Å². The summed E-state index contributed by atoms with van der Waals surface area (Å²) in [7, 11) is 0. The number of amides is 2. The Morgan fingerprint density at radius 2 is 2.00 bits per heavy atom. The van der Waals surface area contributed by atoms with Crippen LogP contribution in [-0.4, -0.2) is 34.3 Å². The summed E-state index contributed by atoms with van der Waals surface area (Å²) in [5.41, 5.74) is 7.71. The molecule has 2 unspecified atom stereocenters. The van der Waals surface area contributed by atoms with Crippen LogP contribution in [0.3, 0.4) is 0 Å². The highest BCUT2D eigenvalue weighted by atomic mass is 16.2. The van der Waals surface area contributed by atoms with Gasteiger partial charge in [-0.2, -0.15) is 0 Å². The molecule has 0 bridgehead atoms. The third-order valence-corrected chi connectivity index (χ3v) is 4.62. The predicted molar refractivity (Wildman–Crippen MR) is 88.9 cm³/mol. The van der Waals surface area contributed by atoms with E-state index in [0.717, 1.165) is 29.4 Å². The van der Waals surface area contributed by atoms with Crippen molar-refractivity contribution >= 4 is 22.7 Å². The Bertz CT molecular complexity index is 772.